The van der Waals surface area contributed by atoms with E-state index in [0.717, 1.165) is 5.56 Å². The molecule has 1 aliphatic carbocycles. The molecule has 1 aromatic carbocycles. The molecule has 2 atom stereocenters. The van der Waals surface area contributed by atoms with Gasteiger partial charge in [-0.25, -0.2) is 0 Å². The summed E-state index contributed by atoms with van der Waals surface area (Å²) in [5, 5.41) is 8.84. The van der Waals surface area contributed by atoms with E-state index in [1.165, 1.54) is 11.1 Å². The molecule has 0 aliphatic heterocycles. The average molecular weight is 209 g/mol. The summed E-state index contributed by atoms with van der Waals surface area (Å²) in [6.07, 6.45) is 8.66. The zero-order valence-corrected chi connectivity index (χ0v) is 9.64. The quantitative estimate of drug-likeness (QED) is 0.691. The number of nitriles is 1. The molecular formula is C15H15N. The molecule has 0 N–H and O–H groups in total. The molecule has 0 amide bonds. The van der Waals surface area contributed by atoms with Gasteiger partial charge in [-0.15, -0.1) is 0 Å². The topological polar surface area (TPSA) is 23.8 Å². The average Bonchev–Trinajstić information content (AvgIpc) is 2.30. The molecule has 0 heterocycles. The normalized spacial score (nSPS) is 23.1. The summed E-state index contributed by atoms with van der Waals surface area (Å²) in [5.41, 5.74) is 3.27. The van der Waals surface area contributed by atoms with Crippen LogP contribution in [-0.2, 0) is 0 Å². The van der Waals surface area contributed by atoms with Crippen LogP contribution in [0.2, 0.25) is 0 Å². The standard InChI is InChI=1S/C15H15N/c1-11-5-3-4-6-14(11)15-8-7-13(10-16)9-12(15)2/h3-9,11,14H,1-2H3. The van der Waals surface area contributed by atoms with Gasteiger partial charge in [0, 0.05) is 5.92 Å². The van der Waals surface area contributed by atoms with Gasteiger partial charge in [-0.1, -0.05) is 37.3 Å². The van der Waals surface area contributed by atoms with Gasteiger partial charge in [-0.05, 0) is 36.1 Å². The lowest BCUT2D eigenvalue weighted by molar-refractivity contribution is 0.632. The number of hydrogen-bond acceptors (Lipinski definition) is 1. The van der Waals surface area contributed by atoms with Crippen molar-refractivity contribution in [1.29, 1.82) is 5.26 Å². The van der Waals surface area contributed by atoms with E-state index in [1.54, 1.807) is 0 Å². The lowest BCUT2D eigenvalue weighted by Crippen LogP contribution is -2.08. The van der Waals surface area contributed by atoms with Gasteiger partial charge in [0.1, 0.15) is 0 Å². The van der Waals surface area contributed by atoms with Crippen molar-refractivity contribution in [2.24, 2.45) is 5.92 Å². The number of aryl methyl sites for hydroxylation is 1. The Morgan fingerprint density at radius 3 is 2.56 bits per heavy atom. The van der Waals surface area contributed by atoms with Gasteiger partial charge in [-0.2, -0.15) is 5.26 Å². The number of nitrogens with zero attached hydrogens (tertiary/aromatic N) is 1. The minimum atomic E-state index is 0.442. The van der Waals surface area contributed by atoms with Crippen molar-refractivity contribution in [3.8, 4) is 6.07 Å². The summed E-state index contributed by atoms with van der Waals surface area (Å²) in [7, 11) is 0. The van der Waals surface area contributed by atoms with Crippen molar-refractivity contribution in [1.82, 2.24) is 0 Å². The molecular weight excluding hydrogens is 194 g/mol. The van der Waals surface area contributed by atoms with E-state index in [-0.39, 0.29) is 0 Å². The van der Waals surface area contributed by atoms with E-state index in [0.29, 0.717) is 11.8 Å². The summed E-state index contributed by atoms with van der Waals surface area (Å²) in [4.78, 5) is 0. The highest BCUT2D eigenvalue weighted by Crippen LogP contribution is 2.31. The molecule has 1 heteroatoms. The molecule has 0 saturated carbocycles. The fourth-order valence-corrected chi connectivity index (χ4v) is 2.22. The van der Waals surface area contributed by atoms with Crippen LogP contribution in [-0.4, -0.2) is 0 Å². The van der Waals surface area contributed by atoms with Gasteiger partial charge < -0.3 is 0 Å². The van der Waals surface area contributed by atoms with Gasteiger partial charge in [-0.3, -0.25) is 0 Å². The van der Waals surface area contributed by atoms with Crippen molar-refractivity contribution in [2.75, 3.05) is 0 Å². The number of allylic oxidation sites excluding steroid dienone is 4. The molecule has 80 valence electrons. The Labute approximate surface area is 96.7 Å². The highest BCUT2D eigenvalue weighted by Gasteiger charge is 2.17. The van der Waals surface area contributed by atoms with E-state index in [2.05, 4.69) is 50.3 Å². The van der Waals surface area contributed by atoms with Crippen molar-refractivity contribution in [3.63, 3.8) is 0 Å². The highest BCUT2D eigenvalue weighted by atomic mass is 14.2. The molecule has 1 nitrogen and oxygen atoms in total. The first-order valence-corrected chi connectivity index (χ1v) is 5.58. The fourth-order valence-electron chi connectivity index (χ4n) is 2.22. The van der Waals surface area contributed by atoms with Crippen LogP contribution >= 0.6 is 0 Å². The summed E-state index contributed by atoms with van der Waals surface area (Å²) in [6.45, 7) is 4.30. The van der Waals surface area contributed by atoms with E-state index in [4.69, 9.17) is 5.26 Å². The SMILES string of the molecule is Cc1cc(C#N)ccc1C1C=CC=CC1C. The maximum Gasteiger partial charge on any atom is 0.0991 e. The third-order valence-electron chi connectivity index (χ3n) is 3.17. The molecule has 2 unspecified atom stereocenters. The number of benzene rings is 1. The van der Waals surface area contributed by atoms with Crippen molar-refractivity contribution < 1.29 is 0 Å². The Morgan fingerprint density at radius 1 is 1.19 bits per heavy atom. The second-order valence-electron chi connectivity index (χ2n) is 4.34. The van der Waals surface area contributed by atoms with Crippen molar-refractivity contribution >= 4 is 0 Å². The van der Waals surface area contributed by atoms with E-state index >= 15 is 0 Å². The second kappa shape index (κ2) is 4.37. The van der Waals surface area contributed by atoms with Crippen LogP contribution in [0, 0.1) is 24.2 Å². The van der Waals surface area contributed by atoms with Gasteiger partial charge in [0.2, 0.25) is 0 Å². The largest absolute Gasteiger partial charge is 0.192 e. The van der Waals surface area contributed by atoms with Crippen LogP contribution in [0.3, 0.4) is 0 Å². The third kappa shape index (κ3) is 1.92. The van der Waals surface area contributed by atoms with Crippen LogP contribution in [0.25, 0.3) is 0 Å². The second-order valence-corrected chi connectivity index (χ2v) is 4.34. The van der Waals surface area contributed by atoms with Crippen LogP contribution in [0.1, 0.15) is 29.5 Å². The predicted molar refractivity (Wildman–Crippen MR) is 66.1 cm³/mol. The lowest BCUT2D eigenvalue weighted by atomic mass is 9.82. The third-order valence-corrected chi connectivity index (χ3v) is 3.17. The Kier molecular flexibility index (Phi) is 2.92. The predicted octanol–water partition coefficient (Wildman–Crippen LogP) is 3.71. The molecule has 1 aliphatic rings. The molecule has 0 bridgehead atoms. The molecule has 0 saturated heterocycles. The first kappa shape index (κ1) is 10.7. The molecule has 0 aromatic heterocycles. The zero-order chi connectivity index (χ0) is 11.5. The zero-order valence-electron chi connectivity index (χ0n) is 9.64. The van der Waals surface area contributed by atoms with Crippen molar-refractivity contribution in [3.05, 3.63) is 59.2 Å². The molecule has 0 fully saturated rings. The van der Waals surface area contributed by atoms with Crippen LogP contribution in [0.5, 0.6) is 0 Å². The van der Waals surface area contributed by atoms with Gasteiger partial charge in [0.05, 0.1) is 11.6 Å². The fraction of sp³-hybridized carbons (Fsp3) is 0.267. The Bertz CT molecular complexity index is 489. The van der Waals surface area contributed by atoms with E-state index in [1.807, 2.05) is 12.1 Å². The first-order chi connectivity index (χ1) is 7.72. The first-order valence-electron chi connectivity index (χ1n) is 5.58. The molecule has 16 heavy (non-hydrogen) atoms. The highest BCUT2D eigenvalue weighted by molar-refractivity contribution is 5.42. The smallest absolute Gasteiger partial charge is 0.0991 e. The van der Waals surface area contributed by atoms with Crippen LogP contribution in [0.15, 0.2) is 42.5 Å². The van der Waals surface area contributed by atoms with Gasteiger partial charge in [0.25, 0.3) is 0 Å². The maximum absolute atomic E-state index is 8.84. The Morgan fingerprint density at radius 2 is 1.94 bits per heavy atom. The molecule has 2 rings (SSSR count). The summed E-state index contributed by atoms with van der Waals surface area (Å²) in [5.74, 6) is 0.967. The van der Waals surface area contributed by atoms with Gasteiger partial charge >= 0.3 is 0 Å². The summed E-state index contributed by atoms with van der Waals surface area (Å²) >= 11 is 0. The number of hydrogen-bond donors (Lipinski definition) is 0. The summed E-state index contributed by atoms with van der Waals surface area (Å²) < 4.78 is 0. The van der Waals surface area contributed by atoms with E-state index < -0.39 is 0 Å². The van der Waals surface area contributed by atoms with Gasteiger partial charge in [0.15, 0.2) is 0 Å². The Hall–Kier alpha value is -1.81. The maximum atomic E-state index is 8.84. The van der Waals surface area contributed by atoms with E-state index in [9.17, 15) is 0 Å². The monoisotopic (exact) mass is 209 g/mol. The van der Waals surface area contributed by atoms with Crippen molar-refractivity contribution in [2.45, 2.75) is 19.8 Å². The Balaban J connectivity index is 2.38. The minimum absolute atomic E-state index is 0.442. The lowest BCUT2D eigenvalue weighted by Gasteiger charge is -2.22. The summed E-state index contributed by atoms with van der Waals surface area (Å²) in [6, 6.07) is 8.13. The molecule has 0 radical (unpaired) electrons. The van der Waals surface area contributed by atoms with Crippen LogP contribution in [0.4, 0.5) is 0 Å². The molecule has 1 aromatic rings. The van der Waals surface area contributed by atoms with Crippen LogP contribution < -0.4 is 0 Å². The number of rotatable bonds is 1. The molecule has 0 spiro atoms. The minimum Gasteiger partial charge on any atom is -0.192 e.